The maximum absolute atomic E-state index is 9.55. The topological polar surface area (TPSA) is 101 Å². The fourth-order valence-electron chi connectivity index (χ4n) is 3.04. The van der Waals surface area contributed by atoms with Crippen LogP contribution < -0.4 is 10.1 Å². The minimum Gasteiger partial charge on any atom is -0.497 e. The van der Waals surface area contributed by atoms with Crippen molar-refractivity contribution in [2.75, 3.05) is 14.2 Å². The molecule has 0 saturated carbocycles. The van der Waals surface area contributed by atoms with Crippen molar-refractivity contribution >= 4 is 22.8 Å². The molecular formula is C22H24N2O5. The van der Waals surface area contributed by atoms with Crippen LogP contribution in [0.1, 0.15) is 11.3 Å². The van der Waals surface area contributed by atoms with Crippen LogP contribution in [0.3, 0.4) is 0 Å². The van der Waals surface area contributed by atoms with Gasteiger partial charge in [0.1, 0.15) is 5.75 Å². The molecule has 0 amide bonds. The third-order valence-electron chi connectivity index (χ3n) is 4.28. The first kappa shape index (κ1) is 21.7. The van der Waals surface area contributed by atoms with Gasteiger partial charge in [0, 0.05) is 35.5 Å². The Morgan fingerprint density at radius 3 is 2.21 bits per heavy atom. The second-order valence-electron chi connectivity index (χ2n) is 6.16. The van der Waals surface area contributed by atoms with Gasteiger partial charge >= 0.3 is 11.9 Å². The molecule has 0 saturated heterocycles. The largest absolute Gasteiger partial charge is 0.497 e. The second kappa shape index (κ2) is 10.1. The summed E-state index contributed by atoms with van der Waals surface area (Å²) in [4.78, 5) is 19.1. The zero-order chi connectivity index (χ0) is 21.4. The molecule has 0 spiro atoms. The van der Waals surface area contributed by atoms with Crippen LogP contribution in [0, 0.1) is 6.92 Å². The average molecular weight is 396 g/mol. The van der Waals surface area contributed by atoms with Gasteiger partial charge < -0.3 is 24.8 Å². The van der Waals surface area contributed by atoms with Gasteiger partial charge in [-0.1, -0.05) is 18.2 Å². The highest BCUT2D eigenvalue weighted by Gasteiger charge is 2.15. The molecule has 0 aliphatic rings. The number of nitrogens with one attached hydrogen (secondary N) is 1. The summed E-state index contributed by atoms with van der Waals surface area (Å²) in [6, 6.07) is 16.7. The summed E-state index contributed by atoms with van der Waals surface area (Å²) in [5.74, 6) is -1.62. The minimum absolute atomic E-state index is 0.558. The number of benzene rings is 2. The Hall–Kier alpha value is -3.58. The van der Waals surface area contributed by atoms with Gasteiger partial charge in [0.05, 0.1) is 12.6 Å². The van der Waals surface area contributed by atoms with E-state index in [2.05, 4.69) is 53.2 Å². The van der Waals surface area contributed by atoms with Crippen molar-refractivity contribution in [2.45, 2.75) is 13.5 Å². The molecule has 152 valence electrons. The quantitative estimate of drug-likeness (QED) is 0.552. The van der Waals surface area contributed by atoms with Crippen molar-refractivity contribution in [1.82, 2.24) is 9.88 Å². The summed E-state index contributed by atoms with van der Waals surface area (Å²) >= 11 is 0. The molecule has 3 rings (SSSR count). The van der Waals surface area contributed by atoms with E-state index in [0.29, 0.717) is 12.2 Å². The first-order chi connectivity index (χ1) is 13.9. The summed E-state index contributed by atoms with van der Waals surface area (Å²) < 4.78 is 7.69. The molecule has 3 aromatic rings. The van der Waals surface area contributed by atoms with E-state index in [1.54, 1.807) is 7.11 Å². The zero-order valence-corrected chi connectivity index (χ0v) is 16.5. The van der Waals surface area contributed by atoms with Crippen LogP contribution in [0.5, 0.6) is 5.75 Å². The number of aromatic nitrogens is 1. The number of hydrogen-bond acceptors (Lipinski definition) is 4. The fraction of sp³-hybridized carbons (Fsp3) is 0.182. The summed E-state index contributed by atoms with van der Waals surface area (Å²) in [5, 5.41) is 20.1. The normalized spacial score (nSPS) is 10.6. The molecule has 0 unspecified atom stereocenters. The summed E-state index contributed by atoms with van der Waals surface area (Å²) in [7, 11) is 3.69. The van der Waals surface area contributed by atoms with E-state index in [4.69, 9.17) is 14.9 Å². The molecule has 0 aliphatic carbocycles. The lowest BCUT2D eigenvalue weighted by atomic mass is 10.1. The predicted molar refractivity (Wildman–Crippen MR) is 112 cm³/mol. The molecule has 7 heteroatoms. The van der Waals surface area contributed by atoms with Crippen molar-refractivity contribution < 1.29 is 24.5 Å². The Bertz CT molecular complexity index is 1010. The van der Waals surface area contributed by atoms with E-state index in [-0.39, 0.29) is 0 Å². The van der Waals surface area contributed by atoms with Crippen LogP contribution >= 0.6 is 0 Å². The van der Waals surface area contributed by atoms with Gasteiger partial charge in [0.25, 0.3) is 0 Å². The van der Waals surface area contributed by atoms with E-state index in [1.165, 1.54) is 27.8 Å². The number of hydrogen-bond donors (Lipinski definition) is 3. The molecule has 0 aliphatic heterocycles. The average Bonchev–Trinajstić information content (AvgIpc) is 2.99. The van der Waals surface area contributed by atoms with Crippen molar-refractivity contribution in [3.63, 3.8) is 0 Å². The number of ether oxygens (including phenoxy) is 1. The monoisotopic (exact) mass is 396 g/mol. The lowest BCUT2D eigenvalue weighted by Crippen LogP contribution is -2.06. The van der Waals surface area contributed by atoms with E-state index in [9.17, 15) is 9.59 Å². The summed E-state index contributed by atoms with van der Waals surface area (Å²) in [6.07, 6.45) is 1.12. The molecule has 3 N–H and O–H groups in total. The standard InChI is InChI=1S/C18H20N2O.C4H4O4/c1-13-17(12-19-2)16-11-15(21-3)9-10-18(16)20(13)14-7-5-4-6-8-14;5-3(6)1-2-4(7)8/h4-11,19H,12H2,1-3H3;1-2H,(H,5,6)(H,7,8)/b;2-1-. The van der Waals surface area contributed by atoms with E-state index in [1.807, 2.05) is 19.2 Å². The number of carboxylic acids is 2. The van der Waals surface area contributed by atoms with Crippen LogP contribution in [0.4, 0.5) is 0 Å². The molecule has 7 nitrogen and oxygen atoms in total. The highest BCUT2D eigenvalue weighted by molar-refractivity contribution is 5.90. The Balaban J connectivity index is 0.000000321. The predicted octanol–water partition coefficient (Wildman–Crippen LogP) is 3.38. The SMILES string of the molecule is CNCc1c(C)n(-c2ccccc2)c2ccc(OC)cc12.O=C(O)/C=C\C(=O)O. The van der Waals surface area contributed by atoms with Gasteiger partial charge in [-0.05, 0) is 49.9 Å². The van der Waals surface area contributed by atoms with Crippen LogP contribution in [0.2, 0.25) is 0 Å². The van der Waals surface area contributed by atoms with Gasteiger partial charge in [0.2, 0.25) is 0 Å². The highest BCUT2D eigenvalue weighted by Crippen LogP contribution is 2.31. The Morgan fingerprint density at radius 1 is 1.07 bits per heavy atom. The number of methoxy groups -OCH3 is 1. The number of nitrogens with zero attached hydrogens (tertiary/aromatic N) is 1. The lowest BCUT2D eigenvalue weighted by Gasteiger charge is -2.08. The van der Waals surface area contributed by atoms with E-state index in [0.717, 1.165) is 12.3 Å². The third kappa shape index (κ3) is 5.46. The van der Waals surface area contributed by atoms with Crippen LogP contribution in [-0.4, -0.2) is 40.9 Å². The van der Waals surface area contributed by atoms with Gasteiger partial charge in [-0.25, -0.2) is 9.59 Å². The van der Waals surface area contributed by atoms with Crippen LogP contribution in [-0.2, 0) is 16.1 Å². The number of carbonyl (C=O) groups is 2. The molecule has 0 radical (unpaired) electrons. The van der Waals surface area contributed by atoms with Gasteiger partial charge in [-0.3, -0.25) is 0 Å². The first-order valence-corrected chi connectivity index (χ1v) is 8.91. The number of para-hydroxylation sites is 1. The molecule has 2 aromatic carbocycles. The first-order valence-electron chi connectivity index (χ1n) is 8.91. The molecule has 1 aromatic heterocycles. The highest BCUT2D eigenvalue weighted by atomic mass is 16.5. The van der Waals surface area contributed by atoms with Gasteiger partial charge in [-0.2, -0.15) is 0 Å². The third-order valence-corrected chi connectivity index (χ3v) is 4.28. The molecule has 1 heterocycles. The van der Waals surface area contributed by atoms with E-state index >= 15 is 0 Å². The van der Waals surface area contributed by atoms with Crippen molar-refractivity contribution in [2.24, 2.45) is 0 Å². The smallest absolute Gasteiger partial charge is 0.328 e. The number of aliphatic carboxylic acids is 2. The molecule has 0 fully saturated rings. The zero-order valence-electron chi connectivity index (χ0n) is 16.5. The van der Waals surface area contributed by atoms with Crippen molar-refractivity contribution in [3.05, 3.63) is 71.9 Å². The number of fused-ring (bicyclic) bond motifs is 1. The number of rotatable bonds is 6. The summed E-state index contributed by atoms with van der Waals surface area (Å²) in [6.45, 7) is 3.02. The molecule has 0 bridgehead atoms. The second-order valence-corrected chi connectivity index (χ2v) is 6.16. The Morgan fingerprint density at radius 2 is 1.69 bits per heavy atom. The van der Waals surface area contributed by atoms with E-state index < -0.39 is 11.9 Å². The van der Waals surface area contributed by atoms with Gasteiger partial charge in [-0.15, -0.1) is 0 Å². The molecule has 29 heavy (non-hydrogen) atoms. The van der Waals surface area contributed by atoms with Crippen molar-refractivity contribution in [1.29, 1.82) is 0 Å². The molecule has 0 atom stereocenters. The Labute approximate surface area is 168 Å². The van der Waals surface area contributed by atoms with Gasteiger partial charge in [0.15, 0.2) is 0 Å². The summed E-state index contributed by atoms with van der Waals surface area (Å²) in [5.41, 5.74) is 4.98. The minimum atomic E-state index is -1.26. The van der Waals surface area contributed by atoms with Crippen LogP contribution in [0.15, 0.2) is 60.7 Å². The van der Waals surface area contributed by atoms with Crippen LogP contribution in [0.25, 0.3) is 16.6 Å². The Kier molecular flexibility index (Phi) is 7.56. The fourth-order valence-corrected chi connectivity index (χ4v) is 3.04. The number of carboxylic acid groups (broad SMARTS) is 2. The maximum atomic E-state index is 9.55. The lowest BCUT2D eigenvalue weighted by molar-refractivity contribution is -0.134. The van der Waals surface area contributed by atoms with Crippen molar-refractivity contribution in [3.8, 4) is 11.4 Å². The maximum Gasteiger partial charge on any atom is 0.328 e. The molecular weight excluding hydrogens is 372 g/mol.